The summed E-state index contributed by atoms with van der Waals surface area (Å²) in [6.07, 6.45) is 2.36. The van der Waals surface area contributed by atoms with Gasteiger partial charge in [0.2, 0.25) is 0 Å². The number of carboxylic acid groups (broad SMARTS) is 1. The predicted octanol–water partition coefficient (Wildman–Crippen LogP) is 1.48. The number of rotatable bonds is 5. The highest BCUT2D eigenvalue weighted by molar-refractivity contribution is 5.88. The summed E-state index contributed by atoms with van der Waals surface area (Å²) in [4.78, 5) is 22.3. The van der Waals surface area contributed by atoms with Gasteiger partial charge in [-0.2, -0.15) is 5.10 Å². The molecule has 3 N–H and O–H groups in total. The van der Waals surface area contributed by atoms with Crippen molar-refractivity contribution in [3.8, 4) is 0 Å². The Morgan fingerprint density at radius 2 is 1.95 bits per heavy atom. The second-order valence-corrected chi connectivity index (χ2v) is 4.51. The van der Waals surface area contributed by atoms with Crippen LogP contribution < -0.4 is 10.6 Å². The van der Waals surface area contributed by atoms with Crippen LogP contribution in [0, 0.1) is 0 Å². The van der Waals surface area contributed by atoms with Gasteiger partial charge in [-0.3, -0.25) is 10.00 Å². The van der Waals surface area contributed by atoms with Crippen molar-refractivity contribution in [3.05, 3.63) is 47.7 Å². The van der Waals surface area contributed by atoms with E-state index in [0.717, 1.165) is 5.56 Å². The van der Waals surface area contributed by atoms with E-state index in [0.29, 0.717) is 18.8 Å². The fourth-order valence-electron chi connectivity index (χ4n) is 1.78. The second kappa shape index (κ2) is 6.56. The minimum Gasteiger partial charge on any atom is -0.478 e. The maximum absolute atomic E-state index is 11.6. The molecular weight excluding hydrogens is 272 g/mol. The van der Waals surface area contributed by atoms with Crippen LogP contribution in [0.4, 0.5) is 10.6 Å². The Hall–Kier alpha value is -2.83. The largest absolute Gasteiger partial charge is 0.478 e. The van der Waals surface area contributed by atoms with Crippen molar-refractivity contribution in [2.24, 2.45) is 7.05 Å². The van der Waals surface area contributed by atoms with Gasteiger partial charge >= 0.3 is 12.0 Å². The lowest BCUT2D eigenvalue weighted by Gasteiger charge is -2.06. The molecule has 2 rings (SSSR count). The van der Waals surface area contributed by atoms with Crippen LogP contribution in [-0.4, -0.2) is 33.4 Å². The van der Waals surface area contributed by atoms with E-state index in [4.69, 9.17) is 5.11 Å². The summed E-state index contributed by atoms with van der Waals surface area (Å²) in [5.41, 5.74) is 1.21. The average molecular weight is 288 g/mol. The van der Waals surface area contributed by atoms with E-state index in [1.54, 1.807) is 48.3 Å². The minimum absolute atomic E-state index is 0.250. The molecule has 21 heavy (non-hydrogen) atoms. The number of nitrogens with zero attached hydrogens (tertiary/aromatic N) is 2. The van der Waals surface area contributed by atoms with Crippen LogP contribution in [0.5, 0.6) is 0 Å². The lowest BCUT2D eigenvalue weighted by atomic mass is 10.1. The number of aromatic carboxylic acids is 1. The number of nitrogens with one attached hydrogen (secondary N) is 2. The van der Waals surface area contributed by atoms with Crippen molar-refractivity contribution >= 4 is 17.8 Å². The molecule has 0 saturated carbocycles. The van der Waals surface area contributed by atoms with Crippen molar-refractivity contribution in [1.29, 1.82) is 0 Å². The number of anilines is 1. The van der Waals surface area contributed by atoms with Crippen molar-refractivity contribution in [2.75, 3.05) is 11.9 Å². The third kappa shape index (κ3) is 4.34. The van der Waals surface area contributed by atoms with Crippen molar-refractivity contribution in [2.45, 2.75) is 6.42 Å². The summed E-state index contributed by atoms with van der Waals surface area (Å²) < 4.78 is 1.60. The zero-order chi connectivity index (χ0) is 15.2. The van der Waals surface area contributed by atoms with Crippen molar-refractivity contribution < 1.29 is 14.7 Å². The Kier molecular flexibility index (Phi) is 4.55. The summed E-state index contributed by atoms with van der Waals surface area (Å²) in [7, 11) is 1.77. The second-order valence-electron chi connectivity index (χ2n) is 4.51. The normalized spacial score (nSPS) is 10.1. The molecule has 0 spiro atoms. The Balaban J connectivity index is 1.76. The fraction of sp³-hybridized carbons (Fsp3) is 0.214. The molecule has 7 nitrogen and oxygen atoms in total. The molecule has 0 unspecified atom stereocenters. The van der Waals surface area contributed by atoms with Crippen LogP contribution in [0.25, 0.3) is 0 Å². The number of aromatic nitrogens is 2. The average Bonchev–Trinajstić information content (AvgIpc) is 2.84. The first-order valence-electron chi connectivity index (χ1n) is 6.41. The number of hydrogen-bond acceptors (Lipinski definition) is 3. The van der Waals surface area contributed by atoms with E-state index in [1.807, 2.05) is 0 Å². The quantitative estimate of drug-likeness (QED) is 0.776. The van der Waals surface area contributed by atoms with Crippen molar-refractivity contribution in [1.82, 2.24) is 15.1 Å². The zero-order valence-electron chi connectivity index (χ0n) is 11.5. The van der Waals surface area contributed by atoms with E-state index < -0.39 is 5.97 Å². The van der Waals surface area contributed by atoms with Gasteiger partial charge in [0.15, 0.2) is 5.82 Å². The minimum atomic E-state index is -0.950. The molecule has 1 aromatic heterocycles. The monoisotopic (exact) mass is 288 g/mol. The van der Waals surface area contributed by atoms with Gasteiger partial charge in [0.25, 0.3) is 0 Å². The van der Waals surface area contributed by atoms with Gasteiger partial charge in [-0.15, -0.1) is 0 Å². The number of urea groups is 1. The molecule has 1 heterocycles. The van der Waals surface area contributed by atoms with E-state index in [-0.39, 0.29) is 11.6 Å². The van der Waals surface area contributed by atoms with E-state index >= 15 is 0 Å². The molecule has 0 aliphatic carbocycles. The third-order valence-electron chi connectivity index (χ3n) is 2.86. The van der Waals surface area contributed by atoms with E-state index in [9.17, 15) is 9.59 Å². The maximum Gasteiger partial charge on any atom is 0.335 e. The van der Waals surface area contributed by atoms with Gasteiger partial charge in [-0.25, -0.2) is 9.59 Å². The van der Waals surface area contributed by atoms with Crippen LogP contribution >= 0.6 is 0 Å². The fourth-order valence-corrected chi connectivity index (χ4v) is 1.78. The summed E-state index contributed by atoms with van der Waals surface area (Å²) in [5, 5.41) is 18.1. The lowest BCUT2D eigenvalue weighted by molar-refractivity contribution is 0.0697. The molecule has 1 aromatic carbocycles. The summed E-state index contributed by atoms with van der Waals surface area (Å²) in [6, 6.07) is 7.95. The molecule has 0 radical (unpaired) electrons. The summed E-state index contributed by atoms with van der Waals surface area (Å²) >= 11 is 0. The van der Waals surface area contributed by atoms with Crippen LogP contribution in [-0.2, 0) is 13.5 Å². The Bertz CT molecular complexity index is 634. The highest BCUT2D eigenvalue weighted by Gasteiger charge is 2.04. The number of amides is 2. The first-order valence-corrected chi connectivity index (χ1v) is 6.41. The van der Waals surface area contributed by atoms with Gasteiger partial charge in [-0.1, -0.05) is 12.1 Å². The molecule has 0 bridgehead atoms. The Labute approximate surface area is 121 Å². The number of hydrogen-bond donors (Lipinski definition) is 3. The topological polar surface area (TPSA) is 96.2 Å². The molecule has 0 aliphatic heterocycles. The third-order valence-corrected chi connectivity index (χ3v) is 2.86. The molecule has 2 amide bonds. The Morgan fingerprint density at radius 1 is 1.24 bits per heavy atom. The molecule has 110 valence electrons. The molecular formula is C14H16N4O3. The van der Waals surface area contributed by atoms with Crippen LogP contribution in [0.15, 0.2) is 36.5 Å². The first-order chi connectivity index (χ1) is 10.0. The number of carbonyl (C=O) groups excluding carboxylic acids is 1. The van der Waals surface area contributed by atoms with Crippen molar-refractivity contribution in [3.63, 3.8) is 0 Å². The number of benzene rings is 1. The molecule has 0 fully saturated rings. The SMILES string of the molecule is Cn1ccc(NC(=O)NCCc2ccc(C(=O)O)cc2)n1. The highest BCUT2D eigenvalue weighted by Crippen LogP contribution is 2.05. The molecule has 0 atom stereocenters. The van der Waals surface area contributed by atoms with E-state index in [2.05, 4.69) is 15.7 Å². The molecule has 2 aromatic rings. The predicted molar refractivity (Wildman–Crippen MR) is 77.3 cm³/mol. The molecule has 0 saturated heterocycles. The van der Waals surface area contributed by atoms with Gasteiger partial charge in [-0.05, 0) is 24.1 Å². The lowest BCUT2D eigenvalue weighted by Crippen LogP contribution is -2.30. The van der Waals surface area contributed by atoms with Crippen LogP contribution in [0.1, 0.15) is 15.9 Å². The summed E-state index contributed by atoms with van der Waals surface area (Å²) in [5.74, 6) is -0.463. The van der Waals surface area contributed by atoms with E-state index in [1.165, 1.54) is 0 Å². The number of carbonyl (C=O) groups is 2. The van der Waals surface area contributed by atoms with Crippen LogP contribution in [0.2, 0.25) is 0 Å². The standard InChI is InChI=1S/C14H16N4O3/c1-18-9-7-12(17-18)16-14(21)15-8-6-10-2-4-11(5-3-10)13(19)20/h2-5,7,9H,6,8H2,1H3,(H,19,20)(H2,15,16,17,21). The highest BCUT2D eigenvalue weighted by atomic mass is 16.4. The summed E-state index contributed by atoms with van der Waals surface area (Å²) in [6.45, 7) is 0.449. The number of carboxylic acids is 1. The van der Waals surface area contributed by atoms with Gasteiger partial charge in [0.05, 0.1) is 5.56 Å². The smallest absolute Gasteiger partial charge is 0.335 e. The maximum atomic E-state index is 11.6. The Morgan fingerprint density at radius 3 is 2.52 bits per heavy atom. The van der Waals surface area contributed by atoms with Gasteiger partial charge in [0.1, 0.15) is 0 Å². The van der Waals surface area contributed by atoms with Gasteiger partial charge < -0.3 is 10.4 Å². The van der Waals surface area contributed by atoms with Crippen LogP contribution in [0.3, 0.4) is 0 Å². The molecule has 7 heteroatoms. The zero-order valence-corrected chi connectivity index (χ0v) is 11.5. The molecule has 0 aliphatic rings. The number of aryl methyl sites for hydroxylation is 1. The first kappa shape index (κ1) is 14.6. The van der Waals surface area contributed by atoms with Gasteiger partial charge in [0, 0.05) is 25.9 Å².